The predicted octanol–water partition coefficient (Wildman–Crippen LogP) is 2.16. The third-order valence-corrected chi connectivity index (χ3v) is 3.59. The minimum Gasteiger partial charge on any atom is -0.444 e. The predicted molar refractivity (Wildman–Crippen MR) is 58.6 cm³/mol. The Bertz CT molecular complexity index is 379. The molecule has 0 spiro atoms. The quantitative estimate of drug-likeness (QED) is 0.631. The summed E-state index contributed by atoms with van der Waals surface area (Å²) in [5.74, 6) is 0. The van der Waals surface area contributed by atoms with Crippen LogP contribution in [0.1, 0.15) is 34.1 Å². The summed E-state index contributed by atoms with van der Waals surface area (Å²) in [5, 5.41) is 9.14. The summed E-state index contributed by atoms with van der Waals surface area (Å²) in [6.07, 6.45) is 0.617. The highest BCUT2D eigenvalue weighted by Crippen LogP contribution is 2.67. The van der Waals surface area contributed by atoms with Gasteiger partial charge in [0, 0.05) is 18.5 Å². The Kier molecular flexibility index (Phi) is 2.04. The van der Waals surface area contributed by atoms with Gasteiger partial charge in [0.15, 0.2) is 0 Å². The first kappa shape index (κ1) is 11.3. The molecule has 4 nitrogen and oxygen atoms in total. The van der Waals surface area contributed by atoms with Crippen LogP contribution in [0.25, 0.3) is 0 Å². The Hall–Kier alpha value is -1.24. The molecule has 4 heteroatoms. The highest BCUT2D eigenvalue weighted by molar-refractivity contribution is 5.69. The number of hydrogen-bond acceptors (Lipinski definition) is 3. The van der Waals surface area contributed by atoms with Gasteiger partial charge in [0.2, 0.25) is 0 Å². The topological polar surface area (TPSA) is 53.3 Å². The van der Waals surface area contributed by atoms with E-state index < -0.39 is 5.60 Å². The zero-order valence-electron chi connectivity index (χ0n) is 10.3. The smallest absolute Gasteiger partial charge is 0.410 e. The number of likely N-dealkylation sites (tertiary alicyclic amines) is 1. The standard InChI is InChI=1S/C12H18N2O2/c1-10(2,3)16-9(15)14-7-11(4)5-12(11,6-13)8-14/h5,7-8H2,1-4H3. The van der Waals surface area contributed by atoms with Crippen LogP contribution in [0.4, 0.5) is 4.79 Å². The van der Waals surface area contributed by atoms with E-state index in [1.807, 2.05) is 20.8 Å². The van der Waals surface area contributed by atoms with E-state index >= 15 is 0 Å². The van der Waals surface area contributed by atoms with Gasteiger partial charge in [-0.2, -0.15) is 5.26 Å². The number of nitriles is 1. The van der Waals surface area contributed by atoms with E-state index in [9.17, 15) is 4.79 Å². The van der Waals surface area contributed by atoms with Gasteiger partial charge in [-0.15, -0.1) is 0 Å². The van der Waals surface area contributed by atoms with Crippen LogP contribution < -0.4 is 0 Å². The molecule has 0 aromatic carbocycles. The number of carbonyl (C=O) groups excluding carboxylic acids is 1. The molecule has 0 aromatic rings. The maximum atomic E-state index is 11.8. The van der Waals surface area contributed by atoms with Crippen molar-refractivity contribution in [2.24, 2.45) is 10.8 Å². The van der Waals surface area contributed by atoms with Gasteiger partial charge in [-0.05, 0) is 27.2 Å². The van der Waals surface area contributed by atoms with Gasteiger partial charge in [-0.25, -0.2) is 4.79 Å². The molecule has 0 N–H and O–H groups in total. The van der Waals surface area contributed by atoms with Crippen LogP contribution >= 0.6 is 0 Å². The Labute approximate surface area is 96.2 Å². The van der Waals surface area contributed by atoms with E-state index in [0.29, 0.717) is 13.1 Å². The van der Waals surface area contributed by atoms with Crippen LogP contribution in [-0.2, 0) is 4.74 Å². The van der Waals surface area contributed by atoms with Gasteiger partial charge in [0.1, 0.15) is 5.60 Å². The lowest BCUT2D eigenvalue weighted by Crippen LogP contribution is -2.37. The zero-order chi connectivity index (χ0) is 12.2. The monoisotopic (exact) mass is 222 g/mol. The first-order chi connectivity index (χ1) is 7.21. The fourth-order valence-electron chi connectivity index (χ4n) is 2.54. The van der Waals surface area contributed by atoms with Crippen LogP contribution in [0.15, 0.2) is 0 Å². The summed E-state index contributed by atoms with van der Waals surface area (Å²) < 4.78 is 5.30. The molecule has 0 bridgehead atoms. The normalized spacial score (nSPS) is 36.6. The minimum absolute atomic E-state index is 0.00134. The lowest BCUT2D eigenvalue weighted by molar-refractivity contribution is 0.0259. The lowest BCUT2D eigenvalue weighted by atomic mass is 10.0. The zero-order valence-corrected chi connectivity index (χ0v) is 10.3. The first-order valence-corrected chi connectivity index (χ1v) is 5.61. The molecular weight excluding hydrogens is 204 g/mol. The summed E-state index contributed by atoms with van der Waals surface area (Å²) in [5.41, 5.74) is -0.771. The fourth-order valence-corrected chi connectivity index (χ4v) is 2.54. The molecule has 2 aliphatic rings. The van der Waals surface area contributed by atoms with Crippen molar-refractivity contribution in [1.82, 2.24) is 4.90 Å². The van der Waals surface area contributed by atoms with E-state index in [1.54, 1.807) is 4.90 Å². The number of piperidine rings is 1. The first-order valence-electron chi connectivity index (χ1n) is 5.61. The van der Waals surface area contributed by atoms with Crippen molar-refractivity contribution in [3.05, 3.63) is 0 Å². The fraction of sp³-hybridized carbons (Fsp3) is 0.833. The minimum atomic E-state index is -0.468. The maximum absolute atomic E-state index is 11.8. The summed E-state index contributed by atoms with van der Waals surface area (Å²) in [4.78, 5) is 13.5. The van der Waals surface area contributed by atoms with Gasteiger partial charge in [0.25, 0.3) is 0 Å². The molecule has 2 unspecified atom stereocenters. The second-order valence-corrected chi connectivity index (χ2v) is 6.27. The van der Waals surface area contributed by atoms with E-state index in [1.165, 1.54) is 0 Å². The molecule has 16 heavy (non-hydrogen) atoms. The maximum Gasteiger partial charge on any atom is 0.410 e. The van der Waals surface area contributed by atoms with Crippen LogP contribution in [0.2, 0.25) is 0 Å². The highest BCUT2D eigenvalue weighted by Gasteiger charge is 2.71. The number of fused-ring (bicyclic) bond motifs is 1. The molecular formula is C12H18N2O2. The molecule has 2 rings (SSSR count). The molecule has 0 radical (unpaired) electrons. The number of rotatable bonds is 0. The molecule has 88 valence electrons. The number of carbonyl (C=O) groups is 1. The second-order valence-electron chi connectivity index (χ2n) is 6.27. The van der Waals surface area contributed by atoms with Gasteiger partial charge < -0.3 is 9.64 Å². The van der Waals surface area contributed by atoms with E-state index in [4.69, 9.17) is 10.00 Å². The molecule has 2 atom stereocenters. The second kappa shape index (κ2) is 2.91. The van der Waals surface area contributed by atoms with Gasteiger partial charge in [-0.1, -0.05) is 6.92 Å². The van der Waals surface area contributed by atoms with Gasteiger partial charge >= 0.3 is 6.09 Å². The number of ether oxygens (including phenoxy) is 1. The Morgan fingerprint density at radius 1 is 1.44 bits per heavy atom. The van der Waals surface area contributed by atoms with Gasteiger partial charge in [0.05, 0.1) is 11.5 Å². The molecule has 1 saturated carbocycles. The van der Waals surface area contributed by atoms with Crippen LogP contribution in [-0.4, -0.2) is 29.7 Å². The largest absolute Gasteiger partial charge is 0.444 e. The summed E-state index contributed by atoms with van der Waals surface area (Å²) in [6, 6.07) is 2.35. The third kappa shape index (κ3) is 1.55. The Balaban J connectivity index is 2.01. The van der Waals surface area contributed by atoms with Crippen molar-refractivity contribution in [3.8, 4) is 6.07 Å². The number of nitrogens with zero attached hydrogens (tertiary/aromatic N) is 2. The Morgan fingerprint density at radius 3 is 2.50 bits per heavy atom. The van der Waals surface area contributed by atoms with Crippen LogP contribution in [0, 0.1) is 22.2 Å². The van der Waals surface area contributed by atoms with Crippen molar-refractivity contribution in [2.45, 2.75) is 39.7 Å². The van der Waals surface area contributed by atoms with Crippen molar-refractivity contribution in [3.63, 3.8) is 0 Å². The average molecular weight is 222 g/mol. The van der Waals surface area contributed by atoms with Crippen LogP contribution in [0.3, 0.4) is 0 Å². The molecule has 1 amide bonds. The average Bonchev–Trinajstić information content (AvgIpc) is 2.58. The third-order valence-electron chi connectivity index (χ3n) is 3.59. The van der Waals surface area contributed by atoms with Gasteiger partial charge in [-0.3, -0.25) is 0 Å². The molecule has 1 heterocycles. The molecule has 1 aliphatic heterocycles. The number of amides is 1. The molecule has 0 aromatic heterocycles. The number of hydrogen-bond donors (Lipinski definition) is 0. The molecule has 1 aliphatic carbocycles. The van der Waals surface area contributed by atoms with E-state index in [0.717, 1.165) is 6.42 Å². The summed E-state index contributed by atoms with van der Waals surface area (Å²) >= 11 is 0. The van der Waals surface area contributed by atoms with E-state index in [-0.39, 0.29) is 16.9 Å². The molecule has 2 fully saturated rings. The summed E-state index contributed by atoms with van der Waals surface area (Å²) in [6.45, 7) is 8.79. The lowest BCUT2D eigenvalue weighted by Gasteiger charge is -2.25. The highest BCUT2D eigenvalue weighted by atomic mass is 16.6. The van der Waals surface area contributed by atoms with Crippen molar-refractivity contribution in [2.75, 3.05) is 13.1 Å². The van der Waals surface area contributed by atoms with E-state index in [2.05, 4.69) is 13.0 Å². The van der Waals surface area contributed by atoms with Crippen molar-refractivity contribution < 1.29 is 9.53 Å². The van der Waals surface area contributed by atoms with Crippen molar-refractivity contribution in [1.29, 1.82) is 5.26 Å². The van der Waals surface area contributed by atoms with Crippen LogP contribution in [0.5, 0.6) is 0 Å². The SMILES string of the molecule is CC(C)(C)OC(=O)N1CC2(C)CC2(C#N)C1. The van der Waals surface area contributed by atoms with Crippen molar-refractivity contribution >= 4 is 6.09 Å². The molecule has 1 saturated heterocycles. The summed E-state index contributed by atoms with van der Waals surface area (Å²) in [7, 11) is 0. The Morgan fingerprint density at radius 2 is 2.06 bits per heavy atom.